The van der Waals surface area contributed by atoms with Crippen molar-refractivity contribution in [1.82, 2.24) is 10.3 Å². The van der Waals surface area contributed by atoms with E-state index in [9.17, 15) is 4.79 Å². The van der Waals surface area contributed by atoms with Gasteiger partial charge in [-0.05, 0) is 35.6 Å². The van der Waals surface area contributed by atoms with Crippen LogP contribution in [0.4, 0.5) is 0 Å². The SMILES string of the molecule is COc1ccc(CCNC(=O)c2cnc(-c3cccs3)s2)cc1. The minimum absolute atomic E-state index is 0.0705. The van der Waals surface area contributed by atoms with Crippen molar-refractivity contribution < 1.29 is 9.53 Å². The predicted molar refractivity (Wildman–Crippen MR) is 94.5 cm³/mol. The molecule has 0 spiro atoms. The van der Waals surface area contributed by atoms with Gasteiger partial charge in [0.1, 0.15) is 15.6 Å². The predicted octanol–water partition coefficient (Wildman–Crippen LogP) is 3.85. The van der Waals surface area contributed by atoms with Crippen molar-refractivity contribution in [2.24, 2.45) is 0 Å². The maximum absolute atomic E-state index is 12.2. The van der Waals surface area contributed by atoms with Crippen molar-refractivity contribution in [3.8, 4) is 15.6 Å². The molecule has 2 aromatic heterocycles. The van der Waals surface area contributed by atoms with Gasteiger partial charge in [-0.3, -0.25) is 4.79 Å². The molecule has 1 amide bonds. The highest BCUT2D eigenvalue weighted by molar-refractivity contribution is 7.21. The summed E-state index contributed by atoms with van der Waals surface area (Å²) in [5, 5.41) is 5.83. The van der Waals surface area contributed by atoms with Crippen molar-refractivity contribution >= 4 is 28.6 Å². The molecule has 23 heavy (non-hydrogen) atoms. The molecule has 6 heteroatoms. The summed E-state index contributed by atoms with van der Waals surface area (Å²) in [5.74, 6) is 0.766. The van der Waals surface area contributed by atoms with Gasteiger partial charge in [0.05, 0.1) is 18.2 Å². The molecule has 0 radical (unpaired) electrons. The van der Waals surface area contributed by atoms with E-state index in [1.165, 1.54) is 11.3 Å². The molecule has 3 aromatic rings. The zero-order valence-electron chi connectivity index (χ0n) is 12.6. The Bertz CT molecular complexity index is 764. The summed E-state index contributed by atoms with van der Waals surface area (Å²) in [6.07, 6.45) is 2.43. The molecular weight excluding hydrogens is 328 g/mol. The molecule has 0 fully saturated rings. The number of amides is 1. The highest BCUT2D eigenvalue weighted by atomic mass is 32.1. The molecule has 0 aliphatic carbocycles. The summed E-state index contributed by atoms with van der Waals surface area (Å²) in [7, 11) is 1.65. The monoisotopic (exact) mass is 344 g/mol. The number of thiazole rings is 1. The lowest BCUT2D eigenvalue weighted by molar-refractivity contribution is 0.0958. The highest BCUT2D eigenvalue weighted by Crippen LogP contribution is 2.28. The van der Waals surface area contributed by atoms with Crippen LogP contribution in [0.25, 0.3) is 9.88 Å². The second-order valence-corrected chi connectivity index (χ2v) is 6.84. The van der Waals surface area contributed by atoms with Gasteiger partial charge in [0.25, 0.3) is 5.91 Å². The second-order valence-electron chi connectivity index (χ2n) is 4.86. The van der Waals surface area contributed by atoms with Crippen LogP contribution in [0.15, 0.2) is 48.0 Å². The van der Waals surface area contributed by atoms with Crippen LogP contribution in [0.2, 0.25) is 0 Å². The van der Waals surface area contributed by atoms with Gasteiger partial charge >= 0.3 is 0 Å². The highest BCUT2D eigenvalue weighted by Gasteiger charge is 2.11. The summed E-state index contributed by atoms with van der Waals surface area (Å²) >= 11 is 3.05. The van der Waals surface area contributed by atoms with E-state index in [0.717, 1.165) is 27.6 Å². The summed E-state index contributed by atoms with van der Waals surface area (Å²) < 4.78 is 5.13. The number of rotatable bonds is 6. The molecule has 0 saturated carbocycles. The minimum Gasteiger partial charge on any atom is -0.497 e. The van der Waals surface area contributed by atoms with Gasteiger partial charge in [0.2, 0.25) is 0 Å². The fourth-order valence-corrected chi connectivity index (χ4v) is 3.73. The van der Waals surface area contributed by atoms with Crippen LogP contribution in [0.1, 0.15) is 15.2 Å². The maximum Gasteiger partial charge on any atom is 0.263 e. The van der Waals surface area contributed by atoms with Crippen molar-refractivity contribution in [1.29, 1.82) is 0 Å². The van der Waals surface area contributed by atoms with Crippen LogP contribution in [-0.4, -0.2) is 24.5 Å². The number of hydrogen-bond donors (Lipinski definition) is 1. The molecule has 0 atom stereocenters. The van der Waals surface area contributed by atoms with Crippen molar-refractivity contribution in [3.63, 3.8) is 0 Å². The third-order valence-electron chi connectivity index (χ3n) is 3.32. The van der Waals surface area contributed by atoms with Crippen LogP contribution in [0.3, 0.4) is 0 Å². The standard InChI is InChI=1S/C17H16N2O2S2/c1-21-13-6-4-12(5-7-13)8-9-18-16(20)15-11-19-17(23-15)14-3-2-10-22-14/h2-7,10-11H,8-9H2,1H3,(H,18,20). The fourth-order valence-electron chi connectivity index (χ4n) is 2.09. The van der Waals surface area contributed by atoms with Gasteiger partial charge in [-0.15, -0.1) is 22.7 Å². The first-order chi connectivity index (χ1) is 11.3. The zero-order valence-corrected chi connectivity index (χ0v) is 14.2. The first-order valence-electron chi connectivity index (χ1n) is 7.17. The Kier molecular flexibility index (Phi) is 5.05. The van der Waals surface area contributed by atoms with Crippen LogP contribution in [0.5, 0.6) is 5.75 Å². The smallest absolute Gasteiger partial charge is 0.263 e. The van der Waals surface area contributed by atoms with Crippen LogP contribution in [-0.2, 0) is 6.42 Å². The Hall–Kier alpha value is -2.18. The number of hydrogen-bond acceptors (Lipinski definition) is 5. The first-order valence-corrected chi connectivity index (χ1v) is 8.87. The lowest BCUT2D eigenvalue weighted by atomic mass is 10.1. The molecule has 0 bridgehead atoms. The van der Waals surface area contributed by atoms with E-state index in [0.29, 0.717) is 11.4 Å². The molecule has 0 unspecified atom stereocenters. The molecule has 2 heterocycles. The van der Waals surface area contributed by atoms with E-state index in [1.807, 2.05) is 41.8 Å². The zero-order chi connectivity index (χ0) is 16.1. The van der Waals surface area contributed by atoms with Gasteiger partial charge in [0, 0.05) is 6.54 Å². The van der Waals surface area contributed by atoms with Crippen molar-refractivity contribution in [3.05, 3.63) is 58.4 Å². The quantitative estimate of drug-likeness (QED) is 0.739. The van der Waals surface area contributed by atoms with E-state index < -0.39 is 0 Å². The maximum atomic E-state index is 12.2. The lowest BCUT2D eigenvalue weighted by Crippen LogP contribution is -2.24. The number of carbonyl (C=O) groups excluding carboxylic acids is 1. The molecule has 0 aliphatic heterocycles. The number of ether oxygens (including phenoxy) is 1. The van der Waals surface area contributed by atoms with Crippen LogP contribution >= 0.6 is 22.7 Å². The number of carbonyl (C=O) groups is 1. The summed E-state index contributed by atoms with van der Waals surface area (Å²) in [6.45, 7) is 0.595. The number of methoxy groups -OCH3 is 1. The summed E-state index contributed by atoms with van der Waals surface area (Å²) in [4.78, 5) is 18.2. The molecule has 1 aromatic carbocycles. The Balaban J connectivity index is 1.53. The van der Waals surface area contributed by atoms with Crippen molar-refractivity contribution in [2.75, 3.05) is 13.7 Å². The largest absolute Gasteiger partial charge is 0.497 e. The third-order valence-corrected chi connectivity index (χ3v) is 5.35. The average Bonchev–Trinajstić information content (AvgIpc) is 3.26. The first kappa shape index (κ1) is 15.7. The topological polar surface area (TPSA) is 51.2 Å². The van der Waals surface area contributed by atoms with Gasteiger partial charge < -0.3 is 10.1 Å². The van der Waals surface area contributed by atoms with Gasteiger partial charge in [-0.2, -0.15) is 0 Å². The number of thiophene rings is 1. The number of benzene rings is 1. The molecule has 0 saturated heterocycles. The van der Waals surface area contributed by atoms with E-state index in [1.54, 1.807) is 24.6 Å². The molecule has 1 N–H and O–H groups in total. The molecule has 3 rings (SSSR count). The minimum atomic E-state index is -0.0705. The molecular formula is C17H16N2O2S2. The lowest BCUT2D eigenvalue weighted by Gasteiger charge is -2.05. The molecule has 4 nitrogen and oxygen atoms in total. The van der Waals surface area contributed by atoms with Crippen molar-refractivity contribution in [2.45, 2.75) is 6.42 Å². The fraction of sp³-hybridized carbons (Fsp3) is 0.176. The normalized spacial score (nSPS) is 10.5. The molecule has 0 aliphatic rings. The Morgan fingerprint density at radius 3 is 2.78 bits per heavy atom. The Labute approximate surface area is 142 Å². The van der Waals surface area contributed by atoms with Crippen LogP contribution in [0, 0.1) is 0 Å². The molecule has 118 valence electrons. The van der Waals surface area contributed by atoms with Gasteiger partial charge in [0.15, 0.2) is 0 Å². The van der Waals surface area contributed by atoms with E-state index in [-0.39, 0.29) is 5.91 Å². The number of nitrogens with zero attached hydrogens (tertiary/aromatic N) is 1. The number of nitrogens with one attached hydrogen (secondary N) is 1. The summed E-state index contributed by atoms with van der Waals surface area (Å²) in [6, 6.07) is 11.9. The average molecular weight is 344 g/mol. The van der Waals surface area contributed by atoms with Gasteiger partial charge in [-0.1, -0.05) is 18.2 Å². The number of aromatic nitrogens is 1. The third kappa shape index (κ3) is 3.97. The van der Waals surface area contributed by atoms with E-state index in [4.69, 9.17) is 4.74 Å². The van der Waals surface area contributed by atoms with Crippen LogP contribution < -0.4 is 10.1 Å². The van der Waals surface area contributed by atoms with E-state index in [2.05, 4.69) is 10.3 Å². The summed E-state index contributed by atoms with van der Waals surface area (Å²) in [5.41, 5.74) is 1.16. The Morgan fingerprint density at radius 1 is 1.26 bits per heavy atom. The van der Waals surface area contributed by atoms with E-state index >= 15 is 0 Å². The van der Waals surface area contributed by atoms with Gasteiger partial charge in [-0.25, -0.2) is 4.98 Å². The second kappa shape index (κ2) is 7.39. The Morgan fingerprint density at radius 2 is 2.09 bits per heavy atom.